The number of halogens is 1. The van der Waals surface area contributed by atoms with Gasteiger partial charge in [-0.25, -0.2) is 4.79 Å². The molecule has 1 aliphatic heterocycles. The second-order valence-corrected chi connectivity index (χ2v) is 5.77. The first-order chi connectivity index (χ1) is 9.16. The van der Waals surface area contributed by atoms with Gasteiger partial charge in [-0.2, -0.15) is 0 Å². The molecular weight excluding hydrogens is 357 g/mol. The highest BCUT2D eigenvalue weighted by Crippen LogP contribution is 2.11. The zero-order valence-electron chi connectivity index (χ0n) is 10.6. The third-order valence-corrected chi connectivity index (χ3v) is 3.77. The largest absolute Gasteiger partial charge is 0.452 e. The summed E-state index contributed by atoms with van der Waals surface area (Å²) in [6.45, 7) is 1.39. The number of esters is 1. The third kappa shape index (κ3) is 4.19. The third-order valence-electron chi connectivity index (χ3n) is 3.10. The van der Waals surface area contributed by atoms with Gasteiger partial charge < -0.3 is 9.64 Å². The van der Waals surface area contributed by atoms with E-state index in [2.05, 4.69) is 22.6 Å². The number of carbonyl (C=O) groups excluding carboxylic acids is 2. The number of rotatable bonds is 3. The molecule has 1 aromatic carbocycles. The minimum Gasteiger partial charge on any atom is -0.452 e. The normalized spacial score (nSPS) is 15.1. The Morgan fingerprint density at radius 2 is 1.95 bits per heavy atom. The number of piperidine rings is 1. The maximum absolute atomic E-state index is 11.8. The number of nitrogens with zero attached hydrogens (tertiary/aromatic N) is 1. The van der Waals surface area contributed by atoms with Crippen LogP contribution in [0.5, 0.6) is 0 Å². The van der Waals surface area contributed by atoms with E-state index in [0.29, 0.717) is 5.56 Å². The summed E-state index contributed by atoms with van der Waals surface area (Å²) in [6, 6.07) is 7.13. The second kappa shape index (κ2) is 6.88. The maximum atomic E-state index is 11.8. The number of ether oxygens (including phenoxy) is 1. The minimum atomic E-state index is -0.441. The van der Waals surface area contributed by atoms with Crippen molar-refractivity contribution in [2.75, 3.05) is 19.7 Å². The van der Waals surface area contributed by atoms with Crippen molar-refractivity contribution in [3.8, 4) is 0 Å². The van der Waals surface area contributed by atoms with Gasteiger partial charge in [-0.1, -0.05) is 6.07 Å². The summed E-state index contributed by atoms with van der Waals surface area (Å²) in [5.41, 5.74) is 0.485. The van der Waals surface area contributed by atoms with Crippen LogP contribution in [0, 0.1) is 3.57 Å². The molecule has 1 amide bonds. The van der Waals surface area contributed by atoms with Crippen molar-refractivity contribution in [1.29, 1.82) is 0 Å². The summed E-state index contributed by atoms with van der Waals surface area (Å²) in [5, 5.41) is 0. The summed E-state index contributed by atoms with van der Waals surface area (Å²) in [7, 11) is 0. The fourth-order valence-electron chi connectivity index (χ4n) is 2.06. The lowest BCUT2D eigenvalue weighted by Gasteiger charge is -2.26. The second-order valence-electron chi connectivity index (χ2n) is 4.53. The molecular formula is C14H16INO3. The fourth-order valence-corrected chi connectivity index (χ4v) is 2.60. The summed E-state index contributed by atoms with van der Waals surface area (Å²) in [6.07, 6.45) is 3.25. The zero-order valence-corrected chi connectivity index (χ0v) is 12.8. The molecule has 0 N–H and O–H groups in total. The van der Waals surface area contributed by atoms with Crippen LogP contribution in [-0.2, 0) is 9.53 Å². The highest BCUT2D eigenvalue weighted by atomic mass is 127. The van der Waals surface area contributed by atoms with Gasteiger partial charge >= 0.3 is 5.97 Å². The van der Waals surface area contributed by atoms with Gasteiger partial charge in [0.05, 0.1) is 5.56 Å². The predicted octanol–water partition coefficient (Wildman–Crippen LogP) is 2.46. The lowest BCUT2D eigenvalue weighted by atomic mass is 10.1. The van der Waals surface area contributed by atoms with E-state index in [9.17, 15) is 9.59 Å². The molecule has 19 heavy (non-hydrogen) atoms. The van der Waals surface area contributed by atoms with E-state index in [4.69, 9.17) is 4.74 Å². The van der Waals surface area contributed by atoms with E-state index in [1.54, 1.807) is 23.1 Å². The highest BCUT2D eigenvalue weighted by molar-refractivity contribution is 14.1. The van der Waals surface area contributed by atoms with Gasteiger partial charge in [0, 0.05) is 16.7 Å². The molecule has 0 unspecified atom stereocenters. The van der Waals surface area contributed by atoms with Crippen LogP contribution in [0.4, 0.5) is 0 Å². The number of hydrogen-bond donors (Lipinski definition) is 0. The molecule has 0 saturated carbocycles. The molecule has 102 valence electrons. The summed E-state index contributed by atoms with van der Waals surface area (Å²) in [4.78, 5) is 25.4. The number of hydrogen-bond acceptors (Lipinski definition) is 3. The Hall–Kier alpha value is -1.11. The monoisotopic (exact) mass is 373 g/mol. The number of likely N-dealkylation sites (tertiary alicyclic amines) is 1. The van der Waals surface area contributed by atoms with Crippen LogP contribution in [0.15, 0.2) is 24.3 Å². The van der Waals surface area contributed by atoms with Crippen molar-refractivity contribution in [2.45, 2.75) is 19.3 Å². The first kappa shape index (κ1) is 14.3. The van der Waals surface area contributed by atoms with Crippen LogP contribution in [0.25, 0.3) is 0 Å². The SMILES string of the molecule is O=C(OCC(=O)N1CCCCC1)c1cccc(I)c1. The van der Waals surface area contributed by atoms with E-state index >= 15 is 0 Å². The van der Waals surface area contributed by atoms with Crippen LogP contribution in [0.2, 0.25) is 0 Å². The van der Waals surface area contributed by atoms with Crippen LogP contribution in [-0.4, -0.2) is 36.5 Å². The molecule has 4 nitrogen and oxygen atoms in total. The average Bonchev–Trinajstić information content (AvgIpc) is 2.45. The molecule has 0 aliphatic carbocycles. The smallest absolute Gasteiger partial charge is 0.338 e. The highest BCUT2D eigenvalue weighted by Gasteiger charge is 2.18. The molecule has 0 atom stereocenters. The van der Waals surface area contributed by atoms with Gasteiger partial charge in [0.25, 0.3) is 5.91 Å². The quantitative estimate of drug-likeness (QED) is 0.604. The summed E-state index contributed by atoms with van der Waals surface area (Å²) >= 11 is 2.13. The fraction of sp³-hybridized carbons (Fsp3) is 0.429. The van der Waals surface area contributed by atoms with Gasteiger partial charge in [-0.05, 0) is 60.1 Å². The van der Waals surface area contributed by atoms with Crippen molar-refractivity contribution >= 4 is 34.5 Å². The van der Waals surface area contributed by atoms with Gasteiger partial charge in [0.2, 0.25) is 0 Å². The standard InChI is InChI=1S/C14H16INO3/c15-12-6-4-5-11(9-12)14(18)19-10-13(17)16-7-2-1-3-8-16/h4-6,9H,1-3,7-8,10H2. The molecule has 2 rings (SSSR count). The molecule has 0 spiro atoms. The molecule has 0 aromatic heterocycles. The molecule has 5 heteroatoms. The zero-order chi connectivity index (χ0) is 13.7. The van der Waals surface area contributed by atoms with E-state index in [1.165, 1.54) is 6.42 Å². The number of benzene rings is 1. The van der Waals surface area contributed by atoms with E-state index < -0.39 is 5.97 Å². The Labute approximate surface area is 126 Å². The number of carbonyl (C=O) groups is 2. The molecule has 0 bridgehead atoms. The molecule has 1 heterocycles. The summed E-state index contributed by atoms with van der Waals surface area (Å²) < 4.78 is 6.03. The first-order valence-corrected chi connectivity index (χ1v) is 7.45. The van der Waals surface area contributed by atoms with Gasteiger partial charge in [0.15, 0.2) is 6.61 Å². The van der Waals surface area contributed by atoms with Crippen molar-refractivity contribution in [2.24, 2.45) is 0 Å². The Kier molecular flexibility index (Phi) is 5.18. The molecule has 1 saturated heterocycles. The van der Waals surface area contributed by atoms with Crippen molar-refractivity contribution in [3.63, 3.8) is 0 Å². The van der Waals surface area contributed by atoms with Crippen molar-refractivity contribution in [1.82, 2.24) is 4.90 Å². The van der Waals surface area contributed by atoms with Gasteiger partial charge in [0.1, 0.15) is 0 Å². The van der Waals surface area contributed by atoms with Crippen molar-refractivity contribution < 1.29 is 14.3 Å². The Balaban J connectivity index is 1.84. The van der Waals surface area contributed by atoms with Crippen molar-refractivity contribution in [3.05, 3.63) is 33.4 Å². The lowest BCUT2D eigenvalue weighted by molar-refractivity contribution is -0.135. The van der Waals surface area contributed by atoms with Crippen LogP contribution in [0.1, 0.15) is 29.6 Å². The topological polar surface area (TPSA) is 46.6 Å². The molecule has 1 aromatic rings. The van der Waals surface area contributed by atoms with Gasteiger partial charge in [-0.3, -0.25) is 4.79 Å². The first-order valence-electron chi connectivity index (χ1n) is 6.37. The van der Waals surface area contributed by atoms with Gasteiger partial charge in [-0.15, -0.1) is 0 Å². The molecule has 1 fully saturated rings. The Morgan fingerprint density at radius 3 is 2.63 bits per heavy atom. The molecule has 1 aliphatic rings. The van der Waals surface area contributed by atoms with Crippen LogP contribution >= 0.6 is 22.6 Å². The maximum Gasteiger partial charge on any atom is 0.338 e. The van der Waals surface area contributed by atoms with Crippen LogP contribution in [0.3, 0.4) is 0 Å². The molecule has 0 radical (unpaired) electrons. The van der Waals surface area contributed by atoms with E-state index in [0.717, 1.165) is 29.5 Å². The average molecular weight is 373 g/mol. The predicted molar refractivity (Wildman–Crippen MR) is 79.9 cm³/mol. The lowest BCUT2D eigenvalue weighted by Crippen LogP contribution is -2.38. The number of amides is 1. The van der Waals surface area contributed by atoms with E-state index in [-0.39, 0.29) is 12.5 Å². The minimum absolute atomic E-state index is 0.0984. The van der Waals surface area contributed by atoms with Crippen LogP contribution < -0.4 is 0 Å². The Bertz CT molecular complexity index is 470. The summed E-state index contributed by atoms with van der Waals surface area (Å²) in [5.74, 6) is -0.539. The van der Waals surface area contributed by atoms with E-state index in [1.807, 2.05) is 6.07 Å². The Morgan fingerprint density at radius 1 is 1.21 bits per heavy atom.